The van der Waals surface area contributed by atoms with Gasteiger partial charge in [-0.15, -0.1) is 0 Å². The number of piperidine rings is 1. The molecule has 18 heavy (non-hydrogen) atoms. The molecule has 0 radical (unpaired) electrons. The fraction of sp³-hybridized carbons (Fsp3) is 0.500. The molecule has 0 aromatic carbocycles. The number of oxime groups is 1. The Balaban J connectivity index is 2.39. The van der Waals surface area contributed by atoms with Crippen LogP contribution in [0.5, 0.6) is 0 Å². The van der Waals surface area contributed by atoms with Gasteiger partial charge >= 0.3 is 0 Å². The van der Waals surface area contributed by atoms with Crippen LogP contribution in [-0.4, -0.2) is 28.6 Å². The topological polar surface area (TPSA) is 74.7 Å². The molecule has 0 spiro atoms. The first-order chi connectivity index (χ1) is 8.65. The van der Waals surface area contributed by atoms with Crippen LogP contribution in [0, 0.1) is 0 Å². The molecule has 0 aliphatic carbocycles. The second kappa shape index (κ2) is 5.44. The van der Waals surface area contributed by atoms with E-state index in [9.17, 15) is 0 Å². The van der Waals surface area contributed by atoms with Gasteiger partial charge in [-0.25, -0.2) is 4.98 Å². The van der Waals surface area contributed by atoms with E-state index in [1.807, 2.05) is 0 Å². The third kappa shape index (κ3) is 2.36. The van der Waals surface area contributed by atoms with E-state index < -0.39 is 0 Å². The first kappa shape index (κ1) is 13.0. The summed E-state index contributed by atoms with van der Waals surface area (Å²) in [5.74, 6) is 0.723. The summed E-state index contributed by atoms with van der Waals surface area (Å²) in [4.78, 5) is 6.51. The number of nitrogens with zero attached hydrogens (tertiary/aromatic N) is 3. The summed E-state index contributed by atoms with van der Waals surface area (Å²) in [7, 11) is 0. The van der Waals surface area contributed by atoms with Gasteiger partial charge in [0, 0.05) is 24.3 Å². The Morgan fingerprint density at radius 3 is 3.06 bits per heavy atom. The zero-order chi connectivity index (χ0) is 13.1. The predicted octanol–water partition coefficient (Wildman–Crippen LogP) is 2.21. The van der Waals surface area contributed by atoms with Gasteiger partial charge in [-0.3, -0.25) is 0 Å². The quantitative estimate of drug-likeness (QED) is 0.373. The van der Waals surface area contributed by atoms with Crippen LogP contribution >= 0.6 is 11.6 Å². The van der Waals surface area contributed by atoms with Crippen molar-refractivity contribution in [3.05, 3.63) is 22.8 Å². The summed E-state index contributed by atoms with van der Waals surface area (Å²) >= 11 is 6.30. The van der Waals surface area contributed by atoms with E-state index in [4.69, 9.17) is 22.5 Å². The van der Waals surface area contributed by atoms with Gasteiger partial charge in [-0.2, -0.15) is 0 Å². The predicted molar refractivity (Wildman–Crippen MR) is 72.4 cm³/mol. The number of halogens is 1. The zero-order valence-electron chi connectivity index (χ0n) is 10.3. The Hall–Kier alpha value is -1.49. The second-order valence-electron chi connectivity index (χ2n) is 4.52. The van der Waals surface area contributed by atoms with E-state index in [1.165, 1.54) is 6.42 Å². The van der Waals surface area contributed by atoms with Gasteiger partial charge in [0.1, 0.15) is 5.82 Å². The van der Waals surface area contributed by atoms with Gasteiger partial charge < -0.3 is 15.8 Å². The van der Waals surface area contributed by atoms with Crippen LogP contribution in [0.25, 0.3) is 0 Å². The molecule has 0 saturated carbocycles. The van der Waals surface area contributed by atoms with Gasteiger partial charge in [0.05, 0.1) is 5.02 Å². The zero-order valence-corrected chi connectivity index (χ0v) is 11.1. The number of anilines is 1. The maximum absolute atomic E-state index is 8.74. The summed E-state index contributed by atoms with van der Waals surface area (Å²) in [6.45, 7) is 3.10. The lowest BCUT2D eigenvalue weighted by molar-refractivity contribution is 0.318. The molecule has 2 rings (SSSR count). The average molecular weight is 269 g/mol. The summed E-state index contributed by atoms with van der Waals surface area (Å²) in [6, 6.07) is 2.06. The number of amidine groups is 1. The van der Waals surface area contributed by atoms with Gasteiger partial charge in [0.25, 0.3) is 0 Å². The highest BCUT2D eigenvalue weighted by Gasteiger charge is 2.23. The van der Waals surface area contributed by atoms with E-state index in [2.05, 4.69) is 22.0 Å². The van der Waals surface area contributed by atoms with Crippen molar-refractivity contribution < 1.29 is 5.21 Å². The van der Waals surface area contributed by atoms with Crippen molar-refractivity contribution in [2.45, 2.75) is 32.2 Å². The first-order valence-electron chi connectivity index (χ1n) is 6.04. The third-order valence-corrected chi connectivity index (χ3v) is 3.70. The van der Waals surface area contributed by atoms with Gasteiger partial charge in [-0.05, 0) is 32.3 Å². The number of aromatic nitrogens is 1. The van der Waals surface area contributed by atoms with Crippen LogP contribution in [-0.2, 0) is 0 Å². The number of rotatable bonds is 2. The minimum Gasteiger partial charge on any atom is -0.409 e. The molecule has 1 atom stereocenters. The maximum Gasteiger partial charge on any atom is 0.171 e. The van der Waals surface area contributed by atoms with E-state index >= 15 is 0 Å². The van der Waals surface area contributed by atoms with Crippen molar-refractivity contribution in [1.82, 2.24) is 4.98 Å². The maximum atomic E-state index is 8.74. The van der Waals surface area contributed by atoms with Gasteiger partial charge in [0.15, 0.2) is 5.84 Å². The van der Waals surface area contributed by atoms with Crippen LogP contribution in [0.4, 0.5) is 5.82 Å². The Labute approximate surface area is 111 Å². The number of nitrogens with two attached hydrogens (primary N) is 1. The molecule has 6 heteroatoms. The average Bonchev–Trinajstić information content (AvgIpc) is 2.39. The second-order valence-corrected chi connectivity index (χ2v) is 4.90. The Morgan fingerprint density at radius 2 is 2.39 bits per heavy atom. The minimum absolute atomic E-state index is 0.00770. The van der Waals surface area contributed by atoms with Crippen molar-refractivity contribution in [3.63, 3.8) is 0 Å². The molecule has 98 valence electrons. The Kier molecular flexibility index (Phi) is 3.91. The van der Waals surface area contributed by atoms with Crippen molar-refractivity contribution in [3.8, 4) is 0 Å². The molecule has 1 saturated heterocycles. The van der Waals surface area contributed by atoms with Crippen LogP contribution in [0.2, 0.25) is 5.02 Å². The standard InChI is InChI=1S/C12H17ClN4O/c1-8-4-2-3-7-17(8)12-10(13)9(5-6-15-12)11(14)16-18/h5-6,8,18H,2-4,7H2,1H3,(H2,14,16). The molecule has 1 aromatic heterocycles. The van der Waals surface area contributed by atoms with E-state index in [0.29, 0.717) is 22.4 Å². The van der Waals surface area contributed by atoms with Gasteiger partial charge in [-0.1, -0.05) is 16.8 Å². The molecule has 3 N–H and O–H groups in total. The minimum atomic E-state index is 0.00770. The lowest BCUT2D eigenvalue weighted by Gasteiger charge is -2.35. The lowest BCUT2D eigenvalue weighted by Crippen LogP contribution is -2.38. The SMILES string of the molecule is CC1CCCCN1c1nccc(/C(N)=N/O)c1Cl. The third-order valence-electron chi connectivity index (χ3n) is 3.33. The summed E-state index contributed by atoms with van der Waals surface area (Å²) in [5.41, 5.74) is 6.11. The molecular formula is C12H17ClN4O. The Morgan fingerprint density at radius 1 is 1.61 bits per heavy atom. The highest BCUT2D eigenvalue weighted by atomic mass is 35.5. The van der Waals surface area contributed by atoms with Crippen LogP contribution in [0.3, 0.4) is 0 Å². The first-order valence-corrected chi connectivity index (χ1v) is 6.42. The van der Waals surface area contributed by atoms with Crippen LogP contribution < -0.4 is 10.6 Å². The van der Waals surface area contributed by atoms with E-state index in [0.717, 1.165) is 19.4 Å². The molecule has 1 unspecified atom stereocenters. The van der Waals surface area contributed by atoms with Crippen molar-refractivity contribution in [2.24, 2.45) is 10.9 Å². The molecule has 2 heterocycles. The van der Waals surface area contributed by atoms with Crippen molar-refractivity contribution in [2.75, 3.05) is 11.4 Å². The summed E-state index contributed by atoms with van der Waals surface area (Å²) in [6.07, 6.45) is 5.13. The molecule has 1 aliphatic rings. The largest absolute Gasteiger partial charge is 0.409 e. The molecular weight excluding hydrogens is 252 g/mol. The monoisotopic (exact) mass is 268 g/mol. The normalized spacial score (nSPS) is 21.1. The highest BCUT2D eigenvalue weighted by Crippen LogP contribution is 2.31. The van der Waals surface area contributed by atoms with Gasteiger partial charge in [0.2, 0.25) is 0 Å². The number of pyridine rings is 1. The van der Waals surface area contributed by atoms with Crippen LogP contribution in [0.1, 0.15) is 31.7 Å². The molecule has 1 aliphatic heterocycles. The number of hydrogen-bond acceptors (Lipinski definition) is 4. The molecule has 0 amide bonds. The Bertz CT molecular complexity index is 463. The van der Waals surface area contributed by atoms with E-state index in [-0.39, 0.29) is 5.84 Å². The summed E-state index contributed by atoms with van der Waals surface area (Å²) in [5, 5.41) is 12.2. The summed E-state index contributed by atoms with van der Waals surface area (Å²) < 4.78 is 0. The fourth-order valence-corrected chi connectivity index (χ4v) is 2.61. The van der Waals surface area contributed by atoms with Crippen molar-refractivity contribution in [1.29, 1.82) is 0 Å². The van der Waals surface area contributed by atoms with Crippen LogP contribution in [0.15, 0.2) is 17.4 Å². The molecule has 1 fully saturated rings. The fourth-order valence-electron chi connectivity index (χ4n) is 2.30. The lowest BCUT2D eigenvalue weighted by atomic mass is 10.0. The highest BCUT2D eigenvalue weighted by molar-refractivity contribution is 6.36. The molecule has 0 bridgehead atoms. The van der Waals surface area contributed by atoms with E-state index in [1.54, 1.807) is 12.3 Å². The smallest absolute Gasteiger partial charge is 0.171 e. The molecule has 1 aromatic rings. The number of hydrogen-bond donors (Lipinski definition) is 2. The van der Waals surface area contributed by atoms with Crippen molar-refractivity contribution >= 4 is 23.3 Å². The molecule has 5 nitrogen and oxygen atoms in total.